The van der Waals surface area contributed by atoms with Crippen LogP contribution in [0.15, 0.2) is 47.3 Å². The Hall–Kier alpha value is -3.32. The van der Waals surface area contributed by atoms with E-state index in [0.29, 0.717) is 31.9 Å². The van der Waals surface area contributed by atoms with Gasteiger partial charge in [0.25, 0.3) is 5.91 Å². The number of hydrogen-bond donors (Lipinski definition) is 2. The lowest BCUT2D eigenvalue weighted by Crippen LogP contribution is -2.36. The molecule has 0 aliphatic carbocycles. The van der Waals surface area contributed by atoms with Crippen molar-refractivity contribution in [2.75, 3.05) is 13.2 Å². The summed E-state index contributed by atoms with van der Waals surface area (Å²) in [6.45, 7) is 9.37. The van der Waals surface area contributed by atoms with Crippen LogP contribution in [0, 0.1) is 12.3 Å². The molecule has 7 nitrogen and oxygen atoms in total. The van der Waals surface area contributed by atoms with Crippen LogP contribution in [-0.2, 0) is 19.6 Å². The molecule has 7 heteroatoms. The van der Waals surface area contributed by atoms with E-state index >= 15 is 0 Å². The van der Waals surface area contributed by atoms with Gasteiger partial charge in [0, 0.05) is 37.2 Å². The standard InChI is InChI=1S/C26H31N3O4/c1-5-28-23(31)17(2)29(25(28)33)13-18-6-8-19(9-7-18)20-10-11-22-21(12-20)14-27(24(22)32)15-26(3,4)16-30/h6-12,30-31H,5,13-16H2,1-4H3. The van der Waals surface area contributed by atoms with Gasteiger partial charge in [0.05, 0.1) is 12.2 Å². The average Bonchev–Trinajstić information content (AvgIpc) is 3.21. The van der Waals surface area contributed by atoms with Crippen LogP contribution in [0.4, 0.5) is 0 Å². The molecule has 0 saturated carbocycles. The molecule has 4 rings (SSSR count). The molecule has 2 aromatic carbocycles. The van der Waals surface area contributed by atoms with Gasteiger partial charge in [0.1, 0.15) is 0 Å². The predicted molar refractivity (Wildman–Crippen MR) is 127 cm³/mol. The first-order chi connectivity index (χ1) is 15.6. The first-order valence-electron chi connectivity index (χ1n) is 11.3. The van der Waals surface area contributed by atoms with Gasteiger partial charge in [-0.25, -0.2) is 4.79 Å². The Morgan fingerprint density at radius 1 is 1.00 bits per heavy atom. The van der Waals surface area contributed by atoms with Crippen LogP contribution < -0.4 is 5.69 Å². The maximum Gasteiger partial charge on any atom is 0.331 e. The predicted octanol–water partition coefficient (Wildman–Crippen LogP) is 3.37. The smallest absolute Gasteiger partial charge is 0.331 e. The van der Waals surface area contributed by atoms with Crippen molar-refractivity contribution >= 4 is 5.91 Å². The van der Waals surface area contributed by atoms with Gasteiger partial charge in [-0.15, -0.1) is 0 Å². The van der Waals surface area contributed by atoms with Crippen molar-refractivity contribution in [2.45, 2.75) is 47.3 Å². The van der Waals surface area contributed by atoms with Crippen LogP contribution in [0.2, 0.25) is 0 Å². The van der Waals surface area contributed by atoms with Crippen molar-refractivity contribution in [3.8, 4) is 17.0 Å². The number of carbonyl (C=O) groups is 1. The molecule has 174 valence electrons. The number of rotatable bonds is 7. The monoisotopic (exact) mass is 449 g/mol. The Morgan fingerprint density at radius 3 is 2.27 bits per heavy atom. The number of benzene rings is 2. The van der Waals surface area contributed by atoms with Crippen LogP contribution in [0.1, 0.15) is 48.0 Å². The summed E-state index contributed by atoms with van der Waals surface area (Å²) in [6.07, 6.45) is 0. The summed E-state index contributed by atoms with van der Waals surface area (Å²) < 4.78 is 2.94. The van der Waals surface area contributed by atoms with Crippen molar-refractivity contribution in [1.29, 1.82) is 0 Å². The van der Waals surface area contributed by atoms with Crippen LogP contribution in [-0.4, -0.2) is 43.3 Å². The Labute approximate surface area is 193 Å². The lowest BCUT2D eigenvalue weighted by Gasteiger charge is -2.28. The second-order valence-electron chi connectivity index (χ2n) is 9.57. The van der Waals surface area contributed by atoms with Gasteiger partial charge in [-0.3, -0.25) is 13.9 Å². The normalized spacial score (nSPS) is 13.6. The SMILES string of the molecule is CCn1c(O)c(C)n(Cc2ccc(-c3ccc4c(c3)CN(CC(C)(C)CO)C4=O)cc2)c1=O. The zero-order valence-electron chi connectivity index (χ0n) is 19.6. The number of imidazole rings is 1. The van der Waals surface area contributed by atoms with E-state index in [1.54, 1.807) is 16.4 Å². The van der Waals surface area contributed by atoms with E-state index in [9.17, 15) is 19.8 Å². The van der Waals surface area contributed by atoms with Crippen molar-refractivity contribution in [3.63, 3.8) is 0 Å². The van der Waals surface area contributed by atoms with Crippen LogP contribution >= 0.6 is 0 Å². The fourth-order valence-electron chi connectivity index (χ4n) is 4.41. The Bertz CT molecular complexity index is 1250. The first-order valence-corrected chi connectivity index (χ1v) is 11.3. The molecule has 2 N–H and O–H groups in total. The summed E-state index contributed by atoms with van der Waals surface area (Å²) in [4.78, 5) is 27.1. The van der Waals surface area contributed by atoms with E-state index in [1.807, 2.05) is 57.2 Å². The van der Waals surface area contributed by atoms with E-state index < -0.39 is 0 Å². The Kier molecular flexibility index (Phi) is 5.93. The number of aliphatic hydroxyl groups is 1. The van der Waals surface area contributed by atoms with Gasteiger partial charge < -0.3 is 15.1 Å². The molecule has 0 radical (unpaired) electrons. The van der Waals surface area contributed by atoms with Crippen LogP contribution in [0.3, 0.4) is 0 Å². The van der Waals surface area contributed by atoms with E-state index in [0.717, 1.165) is 27.8 Å². The molecule has 0 fully saturated rings. The highest BCUT2D eigenvalue weighted by molar-refractivity contribution is 5.99. The highest BCUT2D eigenvalue weighted by atomic mass is 16.3. The number of aliphatic hydroxyl groups excluding tert-OH is 1. The van der Waals surface area contributed by atoms with Crippen molar-refractivity contribution in [3.05, 3.63) is 75.3 Å². The van der Waals surface area contributed by atoms with Gasteiger partial charge in [-0.1, -0.05) is 44.2 Å². The topological polar surface area (TPSA) is 87.7 Å². The Morgan fingerprint density at radius 2 is 1.67 bits per heavy atom. The van der Waals surface area contributed by atoms with E-state index in [2.05, 4.69) is 6.07 Å². The summed E-state index contributed by atoms with van der Waals surface area (Å²) in [6, 6.07) is 13.9. The van der Waals surface area contributed by atoms with Crippen molar-refractivity contribution < 1.29 is 15.0 Å². The van der Waals surface area contributed by atoms with Crippen molar-refractivity contribution in [1.82, 2.24) is 14.0 Å². The van der Waals surface area contributed by atoms with E-state index in [4.69, 9.17) is 0 Å². The molecule has 3 aromatic rings. The minimum absolute atomic E-state index is 0.0107. The highest BCUT2D eigenvalue weighted by Gasteiger charge is 2.31. The summed E-state index contributed by atoms with van der Waals surface area (Å²) in [5.41, 5.74) is 4.74. The summed E-state index contributed by atoms with van der Waals surface area (Å²) >= 11 is 0. The third-order valence-corrected chi connectivity index (χ3v) is 6.42. The minimum Gasteiger partial charge on any atom is -0.493 e. The van der Waals surface area contributed by atoms with E-state index in [1.165, 1.54) is 4.57 Å². The fraction of sp³-hybridized carbons (Fsp3) is 0.385. The number of amides is 1. The van der Waals surface area contributed by atoms with Crippen LogP contribution in [0.5, 0.6) is 5.88 Å². The molecular weight excluding hydrogens is 418 g/mol. The van der Waals surface area contributed by atoms with Gasteiger partial charge in [-0.2, -0.15) is 0 Å². The molecule has 1 aliphatic heterocycles. The lowest BCUT2D eigenvalue weighted by atomic mass is 9.94. The zero-order chi connectivity index (χ0) is 23.9. The molecule has 0 atom stereocenters. The van der Waals surface area contributed by atoms with Crippen LogP contribution in [0.25, 0.3) is 11.1 Å². The molecule has 2 heterocycles. The van der Waals surface area contributed by atoms with E-state index in [-0.39, 0.29) is 29.5 Å². The summed E-state index contributed by atoms with van der Waals surface area (Å²) in [5, 5.41) is 19.7. The molecule has 1 aliphatic rings. The van der Waals surface area contributed by atoms with Gasteiger partial charge >= 0.3 is 5.69 Å². The van der Waals surface area contributed by atoms with Crippen molar-refractivity contribution in [2.24, 2.45) is 5.41 Å². The second kappa shape index (κ2) is 8.56. The number of aromatic nitrogens is 2. The number of carbonyl (C=O) groups excluding carboxylic acids is 1. The maximum absolute atomic E-state index is 12.8. The third-order valence-electron chi connectivity index (χ3n) is 6.42. The molecule has 1 aromatic heterocycles. The minimum atomic E-state index is -0.342. The van der Waals surface area contributed by atoms with Gasteiger partial charge in [-0.05, 0) is 48.2 Å². The lowest BCUT2D eigenvalue weighted by molar-refractivity contribution is 0.0625. The number of aromatic hydroxyl groups is 1. The van der Waals surface area contributed by atoms with Gasteiger partial charge in [0.15, 0.2) is 0 Å². The quantitative estimate of drug-likeness (QED) is 0.579. The molecule has 33 heavy (non-hydrogen) atoms. The number of nitrogens with zero attached hydrogens (tertiary/aromatic N) is 3. The number of hydrogen-bond acceptors (Lipinski definition) is 4. The molecule has 0 bridgehead atoms. The maximum atomic E-state index is 12.8. The van der Waals surface area contributed by atoms with Gasteiger partial charge in [0.2, 0.25) is 5.88 Å². The number of fused-ring (bicyclic) bond motifs is 1. The fourth-order valence-corrected chi connectivity index (χ4v) is 4.41. The molecular formula is C26H31N3O4. The molecule has 0 unspecified atom stereocenters. The molecule has 1 amide bonds. The molecule has 0 spiro atoms. The Balaban J connectivity index is 1.54. The average molecular weight is 450 g/mol. The third kappa shape index (κ3) is 4.20. The summed E-state index contributed by atoms with van der Waals surface area (Å²) in [7, 11) is 0. The second-order valence-corrected chi connectivity index (χ2v) is 9.57. The largest absolute Gasteiger partial charge is 0.493 e. The zero-order valence-corrected chi connectivity index (χ0v) is 19.6. The highest BCUT2D eigenvalue weighted by Crippen LogP contribution is 2.31. The summed E-state index contributed by atoms with van der Waals surface area (Å²) in [5.74, 6) is 0.0275. The first kappa shape index (κ1) is 22.9. The molecule has 0 saturated heterocycles.